The largest absolute Gasteiger partial charge is 0.507 e. The molecule has 3 rings (SSSR count). The Labute approximate surface area is 149 Å². The number of nitrogens with zero attached hydrogens (tertiary/aromatic N) is 1. The van der Waals surface area contributed by atoms with Gasteiger partial charge in [-0.2, -0.15) is 5.10 Å². The van der Waals surface area contributed by atoms with E-state index in [1.807, 2.05) is 24.3 Å². The molecule has 1 amide bonds. The maximum atomic E-state index is 12.0. The highest BCUT2D eigenvalue weighted by Gasteiger charge is 2.12. The molecule has 0 saturated heterocycles. The van der Waals surface area contributed by atoms with Crippen LogP contribution < -0.4 is 14.9 Å². The van der Waals surface area contributed by atoms with Gasteiger partial charge in [-0.05, 0) is 48.9 Å². The van der Waals surface area contributed by atoms with Crippen molar-refractivity contribution in [2.75, 3.05) is 6.79 Å². The molecule has 1 heterocycles. The van der Waals surface area contributed by atoms with E-state index in [-0.39, 0.29) is 18.1 Å². The van der Waals surface area contributed by atoms with E-state index in [1.54, 1.807) is 13.0 Å². The van der Waals surface area contributed by atoms with Crippen molar-refractivity contribution in [3.05, 3.63) is 58.6 Å². The van der Waals surface area contributed by atoms with Crippen LogP contribution in [0, 0.1) is 0 Å². The van der Waals surface area contributed by atoms with E-state index in [1.165, 1.54) is 18.2 Å². The highest BCUT2D eigenvalue weighted by molar-refractivity contribution is 6.31. The summed E-state index contributed by atoms with van der Waals surface area (Å²) in [5.74, 6) is 0.707. The Balaban J connectivity index is 1.65. The van der Waals surface area contributed by atoms with Crippen molar-refractivity contribution in [2.45, 2.75) is 6.92 Å². The molecule has 0 bridgehead atoms. The Morgan fingerprint density at radius 3 is 2.88 bits per heavy atom. The summed E-state index contributed by atoms with van der Waals surface area (Å²) in [6.07, 6.45) is 3.58. The number of aromatic hydroxyl groups is 1. The summed E-state index contributed by atoms with van der Waals surface area (Å²) in [5.41, 5.74) is 3.93. The van der Waals surface area contributed by atoms with Gasteiger partial charge in [0.25, 0.3) is 5.91 Å². The van der Waals surface area contributed by atoms with Crippen LogP contribution in [-0.4, -0.2) is 23.5 Å². The molecule has 2 aromatic carbocycles. The first-order valence-electron chi connectivity index (χ1n) is 7.44. The molecule has 0 atom stereocenters. The third kappa shape index (κ3) is 4.10. The SMILES string of the molecule is CC(/C=C/c1ccc2c(c1)OCO2)=N\NC(=O)c1cc(Cl)ccc1O. The van der Waals surface area contributed by atoms with Crippen LogP contribution in [0.25, 0.3) is 6.08 Å². The summed E-state index contributed by atoms with van der Waals surface area (Å²) in [5, 5.41) is 14.0. The number of allylic oxidation sites excluding steroid dienone is 1. The average Bonchev–Trinajstić information content (AvgIpc) is 3.07. The maximum absolute atomic E-state index is 12.0. The number of phenolic OH excluding ortho intramolecular Hbond substituents is 1. The van der Waals surface area contributed by atoms with Gasteiger partial charge in [-0.1, -0.05) is 23.7 Å². The van der Waals surface area contributed by atoms with Crippen molar-refractivity contribution in [1.82, 2.24) is 5.43 Å². The minimum atomic E-state index is -0.546. The van der Waals surface area contributed by atoms with E-state index in [2.05, 4.69) is 10.5 Å². The molecule has 0 unspecified atom stereocenters. The number of phenols is 1. The van der Waals surface area contributed by atoms with Gasteiger partial charge >= 0.3 is 0 Å². The Morgan fingerprint density at radius 2 is 2.04 bits per heavy atom. The van der Waals surface area contributed by atoms with Crippen molar-refractivity contribution in [2.24, 2.45) is 5.10 Å². The van der Waals surface area contributed by atoms with Gasteiger partial charge in [-0.25, -0.2) is 5.43 Å². The smallest absolute Gasteiger partial charge is 0.275 e. The van der Waals surface area contributed by atoms with Gasteiger partial charge in [-0.15, -0.1) is 0 Å². The fraction of sp³-hybridized carbons (Fsp3) is 0.111. The number of rotatable bonds is 4. The van der Waals surface area contributed by atoms with Gasteiger partial charge in [-0.3, -0.25) is 4.79 Å². The number of hydrogen-bond acceptors (Lipinski definition) is 5. The van der Waals surface area contributed by atoms with E-state index in [0.29, 0.717) is 16.5 Å². The number of nitrogens with one attached hydrogen (secondary N) is 1. The Morgan fingerprint density at radius 1 is 1.24 bits per heavy atom. The van der Waals surface area contributed by atoms with Gasteiger partial charge < -0.3 is 14.6 Å². The molecule has 128 valence electrons. The number of amides is 1. The number of carbonyl (C=O) groups is 1. The zero-order chi connectivity index (χ0) is 17.8. The number of carbonyl (C=O) groups excluding carboxylic acids is 1. The quantitative estimate of drug-likeness (QED) is 0.646. The third-order valence-electron chi connectivity index (χ3n) is 3.45. The molecule has 2 aromatic rings. The zero-order valence-corrected chi connectivity index (χ0v) is 14.1. The van der Waals surface area contributed by atoms with Crippen molar-refractivity contribution in [3.8, 4) is 17.2 Å². The number of halogens is 1. The second kappa shape index (κ2) is 7.27. The van der Waals surface area contributed by atoms with Crippen LogP contribution in [0.1, 0.15) is 22.8 Å². The van der Waals surface area contributed by atoms with Crippen LogP contribution in [0.4, 0.5) is 0 Å². The topological polar surface area (TPSA) is 80.2 Å². The van der Waals surface area contributed by atoms with Crippen LogP contribution >= 0.6 is 11.6 Å². The highest BCUT2D eigenvalue weighted by Crippen LogP contribution is 2.32. The van der Waals surface area contributed by atoms with Crippen LogP contribution in [0.15, 0.2) is 47.6 Å². The summed E-state index contributed by atoms with van der Waals surface area (Å²) in [4.78, 5) is 12.0. The number of hydrazone groups is 1. The first kappa shape index (κ1) is 16.9. The molecular formula is C18H15ClN2O4. The summed E-state index contributed by atoms with van der Waals surface area (Å²) in [7, 11) is 0. The monoisotopic (exact) mass is 358 g/mol. The predicted molar refractivity (Wildman–Crippen MR) is 95.3 cm³/mol. The van der Waals surface area contributed by atoms with Gasteiger partial charge in [0.2, 0.25) is 6.79 Å². The molecule has 0 fully saturated rings. The summed E-state index contributed by atoms with van der Waals surface area (Å²) in [6.45, 7) is 1.97. The zero-order valence-electron chi connectivity index (χ0n) is 13.3. The minimum Gasteiger partial charge on any atom is -0.507 e. The summed E-state index contributed by atoms with van der Waals surface area (Å²) >= 11 is 5.82. The van der Waals surface area contributed by atoms with Crippen LogP contribution in [0.3, 0.4) is 0 Å². The fourth-order valence-electron chi connectivity index (χ4n) is 2.16. The van der Waals surface area contributed by atoms with Gasteiger partial charge in [0.15, 0.2) is 11.5 Å². The predicted octanol–water partition coefficient (Wildman–Crippen LogP) is 3.59. The first-order chi connectivity index (χ1) is 12.0. The van der Waals surface area contributed by atoms with E-state index in [0.717, 1.165) is 11.3 Å². The molecule has 1 aliphatic heterocycles. The van der Waals surface area contributed by atoms with Gasteiger partial charge in [0.05, 0.1) is 11.3 Å². The number of hydrogen-bond donors (Lipinski definition) is 2. The number of fused-ring (bicyclic) bond motifs is 1. The normalized spacial score (nSPS) is 13.3. The lowest BCUT2D eigenvalue weighted by atomic mass is 10.2. The molecule has 6 nitrogen and oxygen atoms in total. The molecule has 0 saturated carbocycles. The van der Waals surface area contributed by atoms with Crippen LogP contribution in [0.5, 0.6) is 17.2 Å². The molecule has 0 aliphatic carbocycles. The lowest BCUT2D eigenvalue weighted by Crippen LogP contribution is -2.18. The van der Waals surface area contributed by atoms with Gasteiger partial charge in [0.1, 0.15) is 5.75 Å². The molecule has 0 aromatic heterocycles. The standard InChI is InChI=1S/C18H15ClN2O4/c1-11(2-3-12-4-7-16-17(8-12)25-10-24-16)20-21-18(23)14-9-13(19)5-6-15(14)22/h2-9,22H,10H2,1H3,(H,21,23)/b3-2+,20-11+. The Hall–Kier alpha value is -2.99. The maximum Gasteiger partial charge on any atom is 0.275 e. The number of ether oxygens (including phenoxy) is 2. The fourth-order valence-corrected chi connectivity index (χ4v) is 2.33. The van der Waals surface area contributed by atoms with E-state index in [4.69, 9.17) is 21.1 Å². The van der Waals surface area contributed by atoms with Crippen molar-refractivity contribution < 1.29 is 19.4 Å². The Kier molecular flexibility index (Phi) is 4.90. The molecule has 0 spiro atoms. The first-order valence-corrected chi connectivity index (χ1v) is 7.81. The summed E-state index contributed by atoms with van der Waals surface area (Å²) in [6, 6.07) is 9.80. The average molecular weight is 359 g/mol. The van der Waals surface area contributed by atoms with Crippen molar-refractivity contribution >= 4 is 29.3 Å². The third-order valence-corrected chi connectivity index (χ3v) is 3.69. The second-order valence-electron chi connectivity index (χ2n) is 5.30. The molecule has 7 heteroatoms. The van der Waals surface area contributed by atoms with E-state index >= 15 is 0 Å². The van der Waals surface area contributed by atoms with E-state index in [9.17, 15) is 9.90 Å². The molecule has 1 aliphatic rings. The molecule has 25 heavy (non-hydrogen) atoms. The number of benzene rings is 2. The van der Waals surface area contributed by atoms with Crippen molar-refractivity contribution in [1.29, 1.82) is 0 Å². The summed E-state index contributed by atoms with van der Waals surface area (Å²) < 4.78 is 10.6. The molecular weight excluding hydrogens is 344 g/mol. The van der Waals surface area contributed by atoms with Crippen molar-refractivity contribution in [3.63, 3.8) is 0 Å². The van der Waals surface area contributed by atoms with Crippen LogP contribution in [-0.2, 0) is 0 Å². The van der Waals surface area contributed by atoms with Crippen LogP contribution in [0.2, 0.25) is 5.02 Å². The Bertz CT molecular complexity index is 877. The lowest BCUT2D eigenvalue weighted by molar-refractivity contribution is 0.0952. The van der Waals surface area contributed by atoms with Gasteiger partial charge in [0, 0.05) is 5.02 Å². The molecule has 2 N–H and O–H groups in total. The molecule has 0 radical (unpaired) electrons. The lowest BCUT2D eigenvalue weighted by Gasteiger charge is -2.04. The van der Waals surface area contributed by atoms with E-state index < -0.39 is 5.91 Å². The minimum absolute atomic E-state index is 0.0591. The highest BCUT2D eigenvalue weighted by atomic mass is 35.5. The second-order valence-corrected chi connectivity index (χ2v) is 5.74.